The topological polar surface area (TPSA) is 12.0 Å². The summed E-state index contributed by atoms with van der Waals surface area (Å²) in [5.74, 6) is 0.903. The molecule has 2 fully saturated rings. The summed E-state index contributed by atoms with van der Waals surface area (Å²) >= 11 is 1.80. The van der Waals surface area contributed by atoms with Crippen molar-refractivity contribution in [3.8, 4) is 0 Å². The molecular weight excluding hydrogens is 250 g/mol. The van der Waals surface area contributed by atoms with Crippen molar-refractivity contribution in [1.82, 2.24) is 0 Å². The van der Waals surface area contributed by atoms with Crippen LogP contribution in [0.3, 0.4) is 0 Å². The molecule has 2 bridgehead atoms. The second-order valence-corrected chi connectivity index (χ2v) is 7.92. The molecular formula is C17H25NS. The van der Waals surface area contributed by atoms with E-state index < -0.39 is 0 Å². The van der Waals surface area contributed by atoms with Crippen LogP contribution in [0.2, 0.25) is 0 Å². The van der Waals surface area contributed by atoms with Crippen LogP contribution >= 0.6 is 11.8 Å². The Hall–Kier alpha value is -0.630. The molecule has 0 radical (unpaired) electrons. The Morgan fingerprint density at radius 2 is 1.84 bits per heavy atom. The average molecular weight is 275 g/mol. The van der Waals surface area contributed by atoms with Gasteiger partial charge in [-0.1, -0.05) is 20.8 Å². The molecule has 0 spiro atoms. The Morgan fingerprint density at radius 3 is 2.32 bits per heavy atom. The first kappa shape index (κ1) is 13.4. The Bertz CT molecular complexity index is 465. The first-order chi connectivity index (χ1) is 8.97. The van der Waals surface area contributed by atoms with Gasteiger partial charge < -0.3 is 5.32 Å². The number of rotatable bonds is 3. The third kappa shape index (κ3) is 1.91. The molecule has 2 aliphatic rings. The predicted molar refractivity (Wildman–Crippen MR) is 84.9 cm³/mol. The minimum atomic E-state index is 0.454. The van der Waals surface area contributed by atoms with Gasteiger partial charge in [0, 0.05) is 16.6 Å². The monoisotopic (exact) mass is 275 g/mol. The maximum Gasteiger partial charge on any atom is 0.0343 e. The molecule has 0 saturated heterocycles. The third-order valence-electron chi connectivity index (χ3n) is 6.22. The SMILES string of the molecule is CSc1ccc(NC2CC3CCC2(C)C3(C)C)cc1. The quantitative estimate of drug-likeness (QED) is 0.776. The summed E-state index contributed by atoms with van der Waals surface area (Å²) in [6.07, 6.45) is 6.27. The van der Waals surface area contributed by atoms with E-state index in [-0.39, 0.29) is 0 Å². The summed E-state index contributed by atoms with van der Waals surface area (Å²) in [4.78, 5) is 1.34. The van der Waals surface area contributed by atoms with Crippen molar-refractivity contribution in [2.75, 3.05) is 11.6 Å². The van der Waals surface area contributed by atoms with Crippen LogP contribution in [-0.2, 0) is 0 Å². The highest BCUT2D eigenvalue weighted by atomic mass is 32.2. The Morgan fingerprint density at radius 1 is 1.16 bits per heavy atom. The van der Waals surface area contributed by atoms with Gasteiger partial charge in [0.1, 0.15) is 0 Å². The van der Waals surface area contributed by atoms with E-state index in [1.165, 1.54) is 29.8 Å². The summed E-state index contributed by atoms with van der Waals surface area (Å²) in [5.41, 5.74) is 2.23. The molecule has 3 unspecified atom stereocenters. The first-order valence-electron chi connectivity index (χ1n) is 7.38. The van der Waals surface area contributed by atoms with Crippen LogP contribution < -0.4 is 5.32 Å². The lowest BCUT2D eigenvalue weighted by molar-refractivity contribution is 0.142. The molecule has 2 heteroatoms. The fourth-order valence-corrected chi connectivity index (χ4v) is 4.72. The van der Waals surface area contributed by atoms with Gasteiger partial charge in [0.05, 0.1) is 0 Å². The van der Waals surface area contributed by atoms with E-state index in [1.54, 1.807) is 11.8 Å². The summed E-state index contributed by atoms with van der Waals surface area (Å²) in [7, 11) is 0. The number of fused-ring (bicyclic) bond motifs is 2. The fourth-order valence-electron chi connectivity index (χ4n) is 4.31. The van der Waals surface area contributed by atoms with Crippen LogP contribution in [0.15, 0.2) is 29.2 Å². The first-order valence-corrected chi connectivity index (χ1v) is 8.60. The molecule has 2 aliphatic carbocycles. The average Bonchev–Trinajstić information content (AvgIpc) is 2.73. The minimum absolute atomic E-state index is 0.454. The maximum atomic E-state index is 3.81. The van der Waals surface area contributed by atoms with Crippen LogP contribution in [0.1, 0.15) is 40.0 Å². The van der Waals surface area contributed by atoms with Gasteiger partial charge in [-0.3, -0.25) is 0 Å². The lowest BCUT2D eigenvalue weighted by Crippen LogP contribution is -2.40. The van der Waals surface area contributed by atoms with Gasteiger partial charge in [-0.2, -0.15) is 0 Å². The summed E-state index contributed by atoms with van der Waals surface area (Å²) in [6, 6.07) is 9.53. The Balaban J connectivity index is 1.78. The van der Waals surface area contributed by atoms with E-state index in [0.29, 0.717) is 16.9 Å². The predicted octanol–water partition coefficient (Wildman–Crippen LogP) is 5.04. The van der Waals surface area contributed by atoms with Crippen molar-refractivity contribution >= 4 is 17.4 Å². The van der Waals surface area contributed by atoms with Crippen molar-refractivity contribution in [2.45, 2.75) is 51.0 Å². The van der Waals surface area contributed by atoms with E-state index >= 15 is 0 Å². The largest absolute Gasteiger partial charge is 0.382 e. The zero-order valence-corrected chi connectivity index (χ0v) is 13.3. The van der Waals surface area contributed by atoms with Gasteiger partial charge in [0.2, 0.25) is 0 Å². The maximum absolute atomic E-state index is 3.81. The standard InChI is InChI=1S/C17H25NS/c1-16(2)12-9-10-17(16,3)15(11-12)18-13-5-7-14(19-4)8-6-13/h5-8,12,15,18H,9-11H2,1-4H3. The van der Waals surface area contributed by atoms with Gasteiger partial charge in [0.15, 0.2) is 0 Å². The zero-order valence-electron chi connectivity index (χ0n) is 12.5. The normalized spacial score (nSPS) is 35.6. The Labute approximate surface area is 121 Å². The number of nitrogens with one attached hydrogen (secondary N) is 1. The molecule has 2 saturated carbocycles. The number of anilines is 1. The summed E-state index contributed by atoms with van der Waals surface area (Å²) < 4.78 is 0. The smallest absolute Gasteiger partial charge is 0.0343 e. The molecule has 1 nitrogen and oxygen atoms in total. The minimum Gasteiger partial charge on any atom is -0.382 e. The molecule has 1 aromatic rings. The highest BCUT2D eigenvalue weighted by molar-refractivity contribution is 7.98. The fraction of sp³-hybridized carbons (Fsp3) is 0.647. The highest BCUT2D eigenvalue weighted by Crippen LogP contribution is 2.65. The molecule has 0 amide bonds. The van der Waals surface area contributed by atoms with Crippen LogP contribution in [0.5, 0.6) is 0 Å². The van der Waals surface area contributed by atoms with E-state index in [4.69, 9.17) is 0 Å². The molecule has 0 aliphatic heterocycles. The number of hydrogen-bond acceptors (Lipinski definition) is 2. The van der Waals surface area contributed by atoms with Gasteiger partial charge in [-0.05, 0) is 66.5 Å². The van der Waals surface area contributed by atoms with E-state index in [0.717, 1.165) is 5.92 Å². The van der Waals surface area contributed by atoms with Crippen molar-refractivity contribution < 1.29 is 0 Å². The van der Waals surface area contributed by atoms with E-state index in [9.17, 15) is 0 Å². The molecule has 0 heterocycles. The summed E-state index contributed by atoms with van der Waals surface area (Å²) in [6.45, 7) is 7.44. The second-order valence-electron chi connectivity index (χ2n) is 7.04. The second kappa shape index (κ2) is 4.44. The van der Waals surface area contributed by atoms with Crippen LogP contribution in [0, 0.1) is 16.7 Å². The lowest BCUT2D eigenvalue weighted by Gasteiger charge is -2.40. The molecule has 0 aromatic heterocycles. The van der Waals surface area contributed by atoms with Gasteiger partial charge in [-0.15, -0.1) is 11.8 Å². The van der Waals surface area contributed by atoms with Crippen LogP contribution in [-0.4, -0.2) is 12.3 Å². The number of hydrogen-bond donors (Lipinski definition) is 1. The van der Waals surface area contributed by atoms with E-state index in [1.807, 2.05) is 0 Å². The molecule has 104 valence electrons. The lowest BCUT2D eigenvalue weighted by atomic mass is 9.69. The zero-order chi connectivity index (χ0) is 13.7. The van der Waals surface area contributed by atoms with Gasteiger partial charge in [0.25, 0.3) is 0 Å². The van der Waals surface area contributed by atoms with E-state index in [2.05, 4.69) is 56.6 Å². The van der Waals surface area contributed by atoms with Gasteiger partial charge >= 0.3 is 0 Å². The molecule has 3 atom stereocenters. The van der Waals surface area contributed by atoms with Crippen molar-refractivity contribution in [2.24, 2.45) is 16.7 Å². The number of thioether (sulfide) groups is 1. The molecule has 1 N–H and O–H groups in total. The number of benzene rings is 1. The third-order valence-corrected chi connectivity index (χ3v) is 6.97. The highest BCUT2D eigenvalue weighted by Gasteiger charge is 2.61. The van der Waals surface area contributed by atoms with Crippen LogP contribution in [0.4, 0.5) is 5.69 Å². The summed E-state index contributed by atoms with van der Waals surface area (Å²) in [5, 5.41) is 3.81. The van der Waals surface area contributed by atoms with Crippen LogP contribution in [0.25, 0.3) is 0 Å². The van der Waals surface area contributed by atoms with Crippen molar-refractivity contribution in [3.05, 3.63) is 24.3 Å². The molecule has 1 aromatic carbocycles. The Kier molecular flexibility index (Phi) is 3.12. The van der Waals surface area contributed by atoms with Gasteiger partial charge in [-0.25, -0.2) is 0 Å². The molecule has 3 rings (SSSR count). The van der Waals surface area contributed by atoms with Crippen molar-refractivity contribution in [3.63, 3.8) is 0 Å². The molecule has 19 heavy (non-hydrogen) atoms. The van der Waals surface area contributed by atoms with Crippen molar-refractivity contribution in [1.29, 1.82) is 0 Å².